The standard InChI is InChI=1S/C20H31N5.HI/c1-7-21-19(22-13-18-15(2)24-25(6)16(18)3)23-14-20(4,5)17-11-9-8-10-12-17;/h8-12H,7,13-14H2,1-6H3,(H2,21,22,23);1H. The van der Waals surface area contributed by atoms with Crippen molar-refractivity contribution in [2.45, 2.75) is 46.6 Å². The van der Waals surface area contributed by atoms with Crippen LogP contribution in [0.1, 0.15) is 43.3 Å². The van der Waals surface area contributed by atoms with E-state index in [1.807, 2.05) is 18.7 Å². The fraction of sp³-hybridized carbons (Fsp3) is 0.500. The van der Waals surface area contributed by atoms with Crippen molar-refractivity contribution in [3.05, 3.63) is 52.8 Å². The van der Waals surface area contributed by atoms with Gasteiger partial charge in [0.2, 0.25) is 0 Å². The Bertz CT molecular complexity index is 719. The number of aromatic nitrogens is 2. The Morgan fingerprint density at radius 1 is 1.15 bits per heavy atom. The van der Waals surface area contributed by atoms with E-state index < -0.39 is 0 Å². The molecule has 0 radical (unpaired) electrons. The van der Waals surface area contributed by atoms with Gasteiger partial charge in [-0.3, -0.25) is 4.68 Å². The van der Waals surface area contributed by atoms with Gasteiger partial charge in [-0.05, 0) is 26.3 Å². The van der Waals surface area contributed by atoms with Gasteiger partial charge in [0.25, 0.3) is 0 Å². The minimum atomic E-state index is 0. The largest absolute Gasteiger partial charge is 0.357 e. The van der Waals surface area contributed by atoms with E-state index in [-0.39, 0.29) is 29.4 Å². The molecule has 0 spiro atoms. The highest BCUT2D eigenvalue weighted by molar-refractivity contribution is 14.0. The van der Waals surface area contributed by atoms with Crippen LogP contribution < -0.4 is 10.6 Å². The SMILES string of the molecule is CCNC(=NCc1c(C)nn(C)c1C)NCC(C)(C)c1ccccc1.I. The lowest BCUT2D eigenvalue weighted by Crippen LogP contribution is -2.43. The van der Waals surface area contributed by atoms with Crippen LogP contribution in [-0.4, -0.2) is 28.8 Å². The minimum absolute atomic E-state index is 0. The first-order valence-corrected chi connectivity index (χ1v) is 8.92. The highest BCUT2D eigenvalue weighted by Gasteiger charge is 2.20. The van der Waals surface area contributed by atoms with Crippen LogP contribution >= 0.6 is 24.0 Å². The summed E-state index contributed by atoms with van der Waals surface area (Å²) < 4.78 is 1.92. The van der Waals surface area contributed by atoms with Crippen molar-refractivity contribution < 1.29 is 0 Å². The van der Waals surface area contributed by atoms with Gasteiger partial charge in [-0.2, -0.15) is 5.10 Å². The zero-order valence-electron chi connectivity index (χ0n) is 16.8. The van der Waals surface area contributed by atoms with Crippen molar-refractivity contribution >= 4 is 29.9 Å². The molecule has 0 bridgehead atoms. The first-order chi connectivity index (χ1) is 11.8. The fourth-order valence-corrected chi connectivity index (χ4v) is 2.84. The average Bonchev–Trinajstić information content (AvgIpc) is 2.83. The van der Waals surface area contributed by atoms with Gasteiger partial charge in [0.15, 0.2) is 5.96 Å². The Morgan fingerprint density at radius 2 is 1.81 bits per heavy atom. The van der Waals surface area contributed by atoms with Crippen molar-refractivity contribution in [3.63, 3.8) is 0 Å². The summed E-state index contributed by atoms with van der Waals surface area (Å²) in [4.78, 5) is 4.76. The zero-order chi connectivity index (χ0) is 18.4. The molecule has 0 aliphatic rings. The second kappa shape index (κ2) is 9.94. The van der Waals surface area contributed by atoms with Crippen molar-refractivity contribution in [2.24, 2.45) is 12.0 Å². The lowest BCUT2D eigenvalue weighted by Gasteiger charge is -2.26. The Hall–Kier alpha value is -1.57. The van der Waals surface area contributed by atoms with E-state index in [9.17, 15) is 0 Å². The molecule has 5 nitrogen and oxygen atoms in total. The van der Waals surface area contributed by atoms with Crippen LogP contribution in [0, 0.1) is 13.8 Å². The molecular formula is C20H32IN5. The van der Waals surface area contributed by atoms with Gasteiger partial charge in [0.05, 0.1) is 12.2 Å². The molecule has 0 saturated carbocycles. The Balaban J connectivity index is 0.00000338. The number of aliphatic imine (C=N–C) groups is 1. The van der Waals surface area contributed by atoms with E-state index in [1.165, 1.54) is 16.8 Å². The van der Waals surface area contributed by atoms with Gasteiger partial charge in [0.1, 0.15) is 0 Å². The summed E-state index contributed by atoms with van der Waals surface area (Å²) in [7, 11) is 1.97. The van der Waals surface area contributed by atoms with Crippen molar-refractivity contribution in [3.8, 4) is 0 Å². The van der Waals surface area contributed by atoms with Crippen LogP contribution in [0.2, 0.25) is 0 Å². The molecule has 2 rings (SSSR count). The molecule has 0 unspecified atom stereocenters. The lowest BCUT2D eigenvalue weighted by atomic mass is 9.85. The van der Waals surface area contributed by atoms with Gasteiger partial charge >= 0.3 is 0 Å². The quantitative estimate of drug-likeness (QED) is 0.386. The number of rotatable bonds is 6. The fourth-order valence-electron chi connectivity index (χ4n) is 2.84. The van der Waals surface area contributed by atoms with E-state index in [4.69, 9.17) is 4.99 Å². The maximum absolute atomic E-state index is 4.76. The molecule has 0 fully saturated rings. The van der Waals surface area contributed by atoms with Gasteiger partial charge in [-0.25, -0.2) is 4.99 Å². The topological polar surface area (TPSA) is 54.2 Å². The normalized spacial score (nSPS) is 11.8. The highest BCUT2D eigenvalue weighted by Crippen LogP contribution is 2.21. The third kappa shape index (κ3) is 5.72. The van der Waals surface area contributed by atoms with Crippen LogP contribution in [0.5, 0.6) is 0 Å². The molecule has 1 aromatic heterocycles. The third-order valence-corrected chi connectivity index (χ3v) is 4.65. The van der Waals surface area contributed by atoms with Crippen LogP contribution in [0.4, 0.5) is 0 Å². The highest BCUT2D eigenvalue weighted by atomic mass is 127. The summed E-state index contributed by atoms with van der Waals surface area (Å²) in [5, 5.41) is 11.3. The Kier molecular flexibility index (Phi) is 8.59. The summed E-state index contributed by atoms with van der Waals surface area (Å²) >= 11 is 0. The molecule has 0 atom stereocenters. The maximum Gasteiger partial charge on any atom is 0.191 e. The van der Waals surface area contributed by atoms with Crippen molar-refractivity contribution in [2.75, 3.05) is 13.1 Å². The van der Waals surface area contributed by atoms with E-state index in [2.05, 4.69) is 73.8 Å². The molecule has 0 aliphatic carbocycles. The van der Waals surface area contributed by atoms with E-state index in [1.54, 1.807) is 0 Å². The van der Waals surface area contributed by atoms with Crippen LogP contribution in [0.3, 0.4) is 0 Å². The number of hydrogen-bond donors (Lipinski definition) is 2. The lowest BCUT2D eigenvalue weighted by molar-refractivity contribution is 0.508. The number of nitrogens with zero attached hydrogens (tertiary/aromatic N) is 3. The molecule has 1 aromatic carbocycles. The van der Waals surface area contributed by atoms with Gasteiger partial charge in [0, 0.05) is 36.8 Å². The number of halogens is 1. The molecule has 2 N–H and O–H groups in total. The molecule has 1 heterocycles. The first-order valence-electron chi connectivity index (χ1n) is 8.92. The monoisotopic (exact) mass is 469 g/mol. The second-order valence-corrected chi connectivity index (χ2v) is 7.07. The zero-order valence-corrected chi connectivity index (χ0v) is 19.1. The number of nitrogens with one attached hydrogen (secondary N) is 2. The van der Waals surface area contributed by atoms with Gasteiger partial charge in [-0.15, -0.1) is 24.0 Å². The van der Waals surface area contributed by atoms with Gasteiger partial charge < -0.3 is 10.6 Å². The number of benzene rings is 1. The molecule has 144 valence electrons. The van der Waals surface area contributed by atoms with Gasteiger partial charge in [-0.1, -0.05) is 44.2 Å². The van der Waals surface area contributed by atoms with E-state index >= 15 is 0 Å². The minimum Gasteiger partial charge on any atom is -0.357 e. The predicted molar refractivity (Wildman–Crippen MR) is 120 cm³/mol. The Morgan fingerprint density at radius 3 is 2.35 bits per heavy atom. The predicted octanol–water partition coefficient (Wildman–Crippen LogP) is 3.69. The maximum atomic E-state index is 4.76. The molecule has 0 aliphatic heterocycles. The first kappa shape index (κ1) is 22.5. The van der Waals surface area contributed by atoms with Crippen LogP contribution in [-0.2, 0) is 19.0 Å². The summed E-state index contributed by atoms with van der Waals surface area (Å²) in [6.45, 7) is 13.0. The number of hydrogen-bond acceptors (Lipinski definition) is 2. The van der Waals surface area contributed by atoms with Crippen LogP contribution in [0.15, 0.2) is 35.3 Å². The van der Waals surface area contributed by atoms with Crippen molar-refractivity contribution in [1.29, 1.82) is 0 Å². The second-order valence-electron chi connectivity index (χ2n) is 7.07. The molecule has 26 heavy (non-hydrogen) atoms. The summed E-state index contributed by atoms with van der Waals surface area (Å²) in [6.07, 6.45) is 0. The summed E-state index contributed by atoms with van der Waals surface area (Å²) in [6, 6.07) is 10.6. The Labute approximate surface area is 174 Å². The molecule has 6 heteroatoms. The summed E-state index contributed by atoms with van der Waals surface area (Å²) in [5.41, 5.74) is 4.75. The van der Waals surface area contributed by atoms with E-state index in [0.717, 1.165) is 24.7 Å². The molecule has 0 saturated heterocycles. The molecule has 2 aromatic rings. The van der Waals surface area contributed by atoms with Crippen molar-refractivity contribution in [1.82, 2.24) is 20.4 Å². The van der Waals surface area contributed by atoms with E-state index in [0.29, 0.717) is 6.54 Å². The number of guanidine groups is 1. The molecular weight excluding hydrogens is 437 g/mol. The average molecular weight is 469 g/mol. The van der Waals surface area contributed by atoms with Crippen LogP contribution in [0.25, 0.3) is 0 Å². The third-order valence-electron chi connectivity index (χ3n) is 4.65. The summed E-state index contributed by atoms with van der Waals surface area (Å²) in [5.74, 6) is 0.842. The number of aryl methyl sites for hydroxylation is 2. The smallest absolute Gasteiger partial charge is 0.191 e. The molecule has 0 amide bonds.